The van der Waals surface area contributed by atoms with E-state index in [-0.39, 0.29) is 5.92 Å². The molecule has 1 aliphatic rings. The van der Waals surface area contributed by atoms with Crippen LogP contribution in [0.1, 0.15) is 17.9 Å². The minimum absolute atomic E-state index is 0.265. The van der Waals surface area contributed by atoms with E-state index in [0.717, 1.165) is 5.56 Å². The predicted molar refractivity (Wildman–Crippen MR) is 55.9 cm³/mol. The molecule has 1 fully saturated rings. The minimum Gasteiger partial charge on any atom is -0.480 e. The predicted octanol–water partition coefficient (Wildman–Crippen LogP) is 1.42. The summed E-state index contributed by atoms with van der Waals surface area (Å²) in [6.07, 6.45) is 0.318. The first-order valence-electron chi connectivity index (χ1n) is 4.99. The van der Waals surface area contributed by atoms with E-state index in [1.807, 2.05) is 30.3 Å². The maximum absolute atomic E-state index is 11.5. The maximum Gasteiger partial charge on any atom is 0.323 e. The molecule has 0 saturated heterocycles. The number of esters is 1. The third-order valence-corrected chi connectivity index (χ3v) is 3.09. The zero-order valence-corrected chi connectivity index (χ0v) is 8.84. The summed E-state index contributed by atoms with van der Waals surface area (Å²) in [5.74, 6) is -2.03. The van der Waals surface area contributed by atoms with Crippen LogP contribution in [0, 0.1) is 5.41 Å². The number of carbonyl (C=O) groups excluding carboxylic acids is 1. The highest BCUT2D eigenvalue weighted by atomic mass is 16.5. The van der Waals surface area contributed by atoms with Gasteiger partial charge in [-0.25, -0.2) is 0 Å². The van der Waals surface area contributed by atoms with E-state index in [1.165, 1.54) is 7.11 Å². The van der Waals surface area contributed by atoms with Gasteiger partial charge < -0.3 is 9.84 Å². The lowest BCUT2D eigenvalue weighted by Crippen LogP contribution is -2.28. The number of hydrogen-bond acceptors (Lipinski definition) is 3. The fourth-order valence-electron chi connectivity index (χ4n) is 2.08. The number of rotatable bonds is 3. The van der Waals surface area contributed by atoms with Crippen LogP contribution in [0.25, 0.3) is 0 Å². The lowest BCUT2D eigenvalue weighted by Gasteiger charge is -2.09. The number of methoxy groups -OCH3 is 1. The number of carboxylic acids is 1. The first kappa shape index (κ1) is 10.7. The minimum atomic E-state index is -1.36. The van der Waals surface area contributed by atoms with E-state index >= 15 is 0 Å². The highest BCUT2D eigenvalue weighted by Crippen LogP contribution is 2.60. The second kappa shape index (κ2) is 3.63. The van der Waals surface area contributed by atoms with Crippen molar-refractivity contribution in [3.05, 3.63) is 35.9 Å². The van der Waals surface area contributed by atoms with Crippen molar-refractivity contribution in [2.24, 2.45) is 5.41 Å². The number of hydrogen-bond donors (Lipinski definition) is 1. The van der Waals surface area contributed by atoms with Crippen molar-refractivity contribution in [2.45, 2.75) is 12.3 Å². The van der Waals surface area contributed by atoms with Crippen LogP contribution in [0.5, 0.6) is 0 Å². The van der Waals surface area contributed by atoms with Crippen LogP contribution in [-0.4, -0.2) is 24.2 Å². The monoisotopic (exact) mass is 220 g/mol. The van der Waals surface area contributed by atoms with Crippen molar-refractivity contribution < 1.29 is 19.4 Å². The largest absolute Gasteiger partial charge is 0.480 e. The van der Waals surface area contributed by atoms with Crippen molar-refractivity contribution in [3.63, 3.8) is 0 Å². The smallest absolute Gasteiger partial charge is 0.323 e. The molecule has 4 heteroatoms. The molecule has 0 amide bonds. The Morgan fingerprint density at radius 2 is 2.00 bits per heavy atom. The van der Waals surface area contributed by atoms with Crippen molar-refractivity contribution in [3.8, 4) is 0 Å². The average molecular weight is 220 g/mol. The Kier molecular flexibility index (Phi) is 2.42. The van der Waals surface area contributed by atoms with E-state index in [4.69, 9.17) is 5.11 Å². The normalized spacial score (nSPS) is 27.2. The first-order chi connectivity index (χ1) is 7.63. The number of aliphatic carboxylic acids is 1. The molecule has 0 unspecified atom stereocenters. The SMILES string of the molecule is COC(=O)[C@]1(C(=O)O)C[C@@H]1c1ccccc1. The molecular formula is C12H12O4. The molecule has 0 radical (unpaired) electrons. The summed E-state index contributed by atoms with van der Waals surface area (Å²) in [6.45, 7) is 0. The number of ether oxygens (including phenoxy) is 1. The highest BCUT2D eigenvalue weighted by molar-refractivity contribution is 6.04. The second-order valence-electron chi connectivity index (χ2n) is 3.94. The van der Waals surface area contributed by atoms with Gasteiger partial charge in [-0.2, -0.15) is 0 Å². The lowest BCUT2D eigenvalue weighted by molar-refractivity contribution is -0.159. The topological polar surface area (TPSA) is 63.6 Å². The number of carbonyl (C=O) groups is 2. The van der Waals surface area contributed by atoms with Crippen LogP contribution in [0.15, 0.2) is 30.3 Å². The van der Waals surface area contributed by atoms with Crippen molar-refractivity contribution >= 4 is 11.9 Å². The molecule has 2 atom stereocenters. The van der Waals surface area contributed by atoms with Crippen LogP contribution in [0.3, 0.4) is 0 Å². The van der Waals surface area contributed by atoms with Crippen molar-refractivity contribution in [2.75, 3.05) is 7.11 Å². The summed E-state index contributed by atoms with van der Waals surface area (Å²) >= 11 is 0. The van der Waals surface area contributed by atoms with Crippen molar-refractivity contribution in [1.82, 2.24) is 0 Å². The summed E-state index contributed by atoms with van der Waals surface area (Å²) in [5.41, 5.74) is -0.494. The van der Waals surface area contributed by atoms with Gasteiger partial charge in [-0.15, -0.1) is 0 Å². The number of carboxylic acid groups (broad SMARTS) is 1. The van der Waals surface area contributed by atoms with Gasteiger partial charge in [-0.1, -0.05) is 30.3 Å². The van der Waals surface area contributed by atoms with E-state index in [1.54, 1.807) is 0 Å². The molecule has 0 heterocycles. The van der Waals surface area contributed by atoms with Gasteiger partial charge in [0, 0.05) is 5.92 Å². The molecule has 2 rings (SSSR count). The quantitative estimate of drug-likeness (QED) is 0.618. The van der Waals surface area contributed by atoms with Crippen LogP contribution in [0.4, 0.5) is 0 Å². The first-order valence-corrected chi connectivity index (χ1v) is 4.99. The fourth-order valence-corrected chi connectivity index (χ4v) is 2.08. The van der Waals surface area contributed by atoms with Crippen LogP contribution >= 0.6 is 0 Å². The third kappa shape index (κ3) is 1.38. The standard InChI is InChI=1S/C12H12O4/c1-16-11(15)12(10(13)14)7-9(12)8-5-3-2-4-6-8/h2-6,9H,7H2,1H3,(H,13,14)/t9-,12-/m1/s1. The molecule has 0 aromatic heterocycles. The Bertz CT molecular complexity index is 426. The van der Waals surface area contributed by atoms with Gasteiger partial charge in [-0.05, 0) is 12.0 Å². The van der Waals surface area contributed by atoms with E-state index in [9.17, 15) is 9.59 Å². The molecular weight excluding hydrogens is 208 g/mol. The molecule has 84 valence electrons. The Morgan fingerprint density at radius 1 is 1.38 bits per heavy atom. The maximum atomic E-state index is 11.5. The van der Waals surface area contributed by atoms with Gasteiger partial charge in [-0.3, -0.25) is 9.59 Å². The summed E-state index contributed by atoms with van der Waals surface area (Å²) in [6, 6.07) is 9.18. The lowest BCUT2D eigenvalue weighted by atomic mass is 9.99. The summed E-state index contributed by atoms with van der Waals surface area (Å²) in [7, 11) is 1.22. The second-order valence-corrected chi connectivity index (χ2v) is 3.94. The molecule has 0 bridgehead atoms. The summed E-state index contributed by atoms with van der Waals surface area (Å²) in [4.78, 5) is 22.7. The Balaban J connectivity index is 2.30. The summed E-state index contributed by atoms with van der Waals surface area (Å²) in [5, 5.41) is 9.14. The molecule has 0 spiro atoms. The molecule has 1 aliphatic carbocycles. The molecule has 1 saturated carbocycles. The van der Waals surface area contributed by atoms with E-state index in [2.05, 4.69) is 4.74 Å². The van der Waals surface area contributed by atoms with Gasteiger partial charge >= 0.3 is 11.9 Å². The molecule has 16 heavy (non-hydrogen) atoms. The fraction of sp³-hybridized carbons (Fsp3) is 0.333. The van der Waals surface area contributed by atoms with E-state index < -0.39 is 17.4 Å². The zero-order valence-electron chi connectivity index (χ0n) is 8.84. The van der Waals surface area contributed by atoms with Gasteiger partial charge in [0.1, 0.15) is 0 Å². The van der Waals surface area contributed by atoms with Crippen LogP contribution in [-0.2, 0) is 14.3 Å². The molecule has 1 N–H and O–H groups in total. The molecule has 1 aromatic carbocycles. The molecule has 4 nitrogen and oxygen atoms in total. The third-order valence-electron chi connectivity index (χ3n) is 3.09. The highest BCUT2D eigenvalue weighted by Gasteiger charge is 2.67. The zero-order chi connectivity index (χ0) is 11.8. The van der Waals surface area contributed by atoms with Gasteiger partial charge in [0.25, 0.3) is 0 Å². The summed E-state index contributed by atoms with van der Waals surface area (Å²) < 4.78 is 4.57. The molecule has 1 aromatic rings. The van der Waals surface area contributed by atoms with Crippen LogP contribution < -0.4 is 0 Å². The van der Waals surface area contributed by atoms with Gasteiger partial charge in [0.2, 0.25) is 0 Å². The van der Waals surface area contributed by atoms with Gasteiger partial charge in [0.15, 0.2) is 5.41 Å². The van der Waals surface area contributed by atoms with Gasteiger partial charge in [0.05, 0.1) is 7.11 Å². The average Bonchev–Trinajstić information content (AvgIpc) is 3.06. The Morgan fingerprint density at radius 3 is 2.50 bits per heavy atom. The van der Waals surface area contributed by atoms with Crippen molar-refractivity contribution in [1.29, 1.82) is 0 Å². The Hall–Kier alpha value is -1.84. The van der Waals surface area contributed by atoms with Crippen LogP contribution in [0.2, 0.25) is 0 Å². The molecule has 0 aliphatic heterocycles. The Labute approximate surface area is 92.8 Å². The number of benzene rings is 1. The van der Waals surface area contributed by atoms with E-state index in [0.29, 0.717) is 6.42 Å².